The van der Waals surface area contributed by atoms with Crippen LogP contribution in [0.15, 0.2) is 67.3 Å². The molecule has 4 N–H and O–H groups in total. The first-order valence-corrected chi connectivity index (χ1v) is 7.93. The number of hydrogen-bond acceptors (Lipinski definition) is 2. The van der Waals surface area contributed by atoms with Crippen molar-refractivity contribution in [2.24, 2.45) is 7.05 Å². The first-order valence-electron chi connectivity index (χ1n) is 7.93. The third-order valence-electron chi connectivity index (χ3n) is 4.22. The first-order chi connectivity index (χ1) is 11.6. The van der Waals surface area contributed by atoms with Gasteiger partial charge >= 0.3 is 0 Å². The molecule has 0 aliphatic heterocycles. The van der Waals surface area contributed by atoms with Gasteiger partial charge in [0.1, 0.15) is 7.05 Å². The van der Waals surface area contributed by atoms with Gasteiger partial charge in [-0.1, -0.05) is 30.9 Å². The molecule has 0 atom stereocenters. The highest BCUT2D eigenvalue weighted by molar-refractivity contribution is 6.09. The third-order valence-corrected chi connectivity index (χ3v) is 4.22. The average Bonchev–Trinajstić information content (AvgIpc) is 2.55. The topological polar surface area (TPSA) is 55.9 Å². The molecule has 0 saturated carbocycles. The van der Waals surface area contributed by atoms with Crippen molar-refractivity contribution in [3.63, 3.8) is 0 Å². The second-order valence-corrected chi connectivity index (χ2v) is 5.85. The summed E-state index contributed by atoms with van der Waals surface area (Å²) in [4.78, 5) is 0. The number of rotatable bonds is 3. The molecule has 3 rings (SSSR count). The SMILES string of the molecule is C=C/C=C(\C=C/C)c1c2cc(N)ccc2c2ccc(N)cc2[n+]1C. The zero-order chi connectivity index (χ0) is 17.3. The summed E-state index contributed by atoms with van der Waals surface area (Å²) >= 11 is 0. The quantitative estimate of drug-likeness (QED) is 0.330. The van der Waals surface area contributed by atoms with Crippen LogP contribution in [0.1, 0.15) is 12.6 Å². The number of aromatic nitrogens is 1. The summed E-state index contributed by atoms with van der Waals surface area (Å²) in [7, 11) is 2.06. The van der Waals surface area contributed by atoms with Crippen LogP contribution in [0.2, 0.25) is 0 Å². The van der Waals surface area contributed by atoms with Crippen molar-refractivity contribution >= 4 is 38.6 Å². The van der Waals surface area contributed by atoms with Crippen molar-refractivity contribution < 1.29 is 4.57 Å². The molecule has 2 aromatic carbocycles. The lowest BCUT2D eigenvalue weighted by Crippen LogP contribution is -2.34. The van der Waals surface area contributed by atoms with Gasteiger partial charge in [-0.25, -0.2) is 0 Å². The van der Waals surface area contributed by atoms with E-state index >= 15 is 0 Å². The predicted octanol–water partition coefficient (Wildman–Crippen LogP) is 4.13. The van der Waals surface area contributed by atoms with Crippen LogP contribution >= 0.6 is 0 Å². The van der Waals surface area contributed by atoms with Crippen LogP contribution in [0.3, 0.4) is 0 Å². The van der Waals surface area contributed by atoms with E-state index in [1.54, 1.807) is 6.08 Å². The van der Waals surface area contributed by atoms with Crippen LogP contribution in [0.5, 0.6) is 0 Å². The number of nitrogen functional groups attached to an aromatic ring is 2. The van der Waals surface area contributed by atoms with Crippen LogP contribution < -0.4 is 16.0 Å². The van der Waals surface area contributed by atoms with E-state index in [0.29, 0.717) is 0 Å². The highest BCUT2D eigenvalue weighted by atomic mass is 14.9. The smallest absolute Gasteiger partial charge is 0.220 e. The predicted molar refractivity (Wildman–Crippen MR) is 104 cm³/mol. The molecule has 0 aliphatic carbocycles. The largest absolute Gasteiger partial charge is 0.399 e. The Balaban J connectivity index is 2.58. The monoisotopic (exact) mass is 316 g/mol. The Bertz CT molecular complexity index is 1010. The summed E-state index contributed by atoms with van der Waals surface area (Å²) in [5.74, 6) is 0. The molecular weight excluding hydrogens is 294 g/mol. The Morgan fingerprint density at radius 3 is 2.33 bits per heavy atom. The fourth-order valence-corrected chi connectivity index (χ4v) is 3.22. The van der Waals surface area contributed by atoms with Crippen LogP contribution in [0.4, 0.5) is 11.4 Å². The average molecular weight is 316 g/mol. The number of allylic oxidation sites excluding steroid dienone is 5. The lowest BCUT2D eigenvalue weighted by molar-refractivity contribution is -0.645. The van der Waals surface area contributed by atoms with E-state index in [2.05, 4.69) is 36.4 Å². The molecule has 120 valence electrons. The molecule has 1 aromatic heterocycles. The van der Waals surface area contributed by atoms with E-state index in [-0.39, 0.29) is 0 Å². The molecule has 0 unspecified atom stereocenters. The Morgan fingerprint density at radius 1 is 1.00 bits per heavy atom. The minimum absolute atomic E-state index is 0.747. The fraction of sp³-hybridized carbons (Fsp3) is 0.0952. The van der Waals surface area contributed by atoms with Crippen LogP contribution in [-0.4, -0.2) is 0 Å². The number of benzene rings is 2. The van der Waals surface area contributed by atoms with Crippen molar-refractivity contribution in [2.75, 3.05) is 11.5 Å². The van der Waals surface area contributed by atoms with Gasteiger partial charge in [0.25, 0.3) is 0 Å². The summed E-state index contributed by atoms with van der Waals surface area (Å²) in [6.07, 6.45) is 7.92. The van der Waals surface area contributed by atoms with E-state index < -0.39 is 0 Å². The van der Waals surface area contributed by atoms with Gasteiger partial charge < -0.3 is 11.5 Å². The molecule has 3 heteroatoms. The van der Waals surface area contributed by atoms with E-state index in [1.165, 1.54) is 0 Å². The van der Waals surface area contributed by atoms with Gasteiger partial charge in [-0.3, -0.25) is 0 Å². The summed E-state index contributed by atoms with van der Waals surface area (Å²) in [5.41, 5.74) is 16.8. The molecule has 3 aromatic rings. The summed E-state index contributed by atoms with van der Waals surface area (Å²) < 4.78 is 2.17. The number of fused-ring (bicyclic) bond motifs is 3. The normalized spacial score (nSPS) is 12.3. The first kappa shape index (κ1) is 15.8. The maximum absolute atomic E-state index is 6.07. The number of nitrogens with two attached hydrogens (primary N) is 2. The van der Waals surface area contributed by atoms with Crippen molar-refractivity contribution in [1.29, 1.82) is 0 Å². The van der Waals surface area contributed by atoms with Gasteiger partial charge in [-0.2, -0.15) is 4.57 Å². The third kappa shape index (κ3) is 2.54. The molecule has 24 heavy (non-hydrogen) atoms. The number of hydrogen-bond donors (Lipinski definition) is 2. The van der Waals surface area contributed by atoms with Crippen molar-refractivity contribution in [2.45, 2.75) is 6.92 Å². The Hall–Kier alpha value is -3.07. The van der Waals surface area contributed by atoms with E-state index in [4.69, 9.17) is 11.5 Å². The second-order valence-electron chi connectivity index (χ2n) is 5.85. The Labute approximate surface area is 142 Å². The van der Waals surface area contributed by atoms with Gasteiger partial charge in [0.2, 0.25) is 11.2 Å². The van der Waals surface area contributed by atoms with Gasteiger partial charge in [0.05, 0.1) is 10.8 Å². The van der Waals surface area contributed by atoms with Crippen LogP contribution in [-0.2, 0) is 7.05 Å². The fourth-order valence-electron chi connectivity index (χ4n) is 3.22. The van der Waals surface area contributed by atoms with E-state index in [0.717, 1.165) is 44.3 Å². The number of nitrogens with zero attached hydrogens (tertiary/aromatic N) is 1. The maximum atomic E-state index is 6.07. The van der Waals surface area contributed by atoms with Gasteiger partial charge in [-0.05, 0) is 37.3 Å². The lowest BCUT2D eigenvalue weighted by Gasteiger charge is -2.11. The molecule has 0 saturated heterocycles. The molecule has 0 bridgehead atoms. The molecule has 0 amide bonds. The van der Waals surface area contributed by atoms with Crippen LogP contribution in [0, 0.1) is 0 Å². The minimum atomic E-state index is 0.747. The number of aryl methyl sites for hydroxylation is 1. The summed E-state index contributed by atoms with van der Waals surface area (Å²) in [6.45, 7) is 5.85. The van der Waals surface area contributed by atoms with Crippen molar-refractivity contribution in [3.05, 3.63) is 73.0 Å². The molecule has 1 heterocycles. The van der Waals surface area contributed by atoms with Gasteiger partial charge in [0.15, 0.2) is 0 Å². The Morgan fingerprint density at radius 2 is 1.67 bits per heavy atom. The molecule has 3 nitrogen and oxygen atoms in total. The summed E-state index contributed by atoms with van der Waals surface area (Å²) in [6, 6.07) is 12.1. The maximum Gasteiger partial charge on any atom is 0.220 e. The highest BCUT2D eigenvalue weighted by Crippen LogP contribution is 2.31. The summed E-state index contributed by atoms with van der Waals surface area (Å²) in [5, 5.41) is 3.43. The molecule has 0 spiro atoms. The van der Waals surface area contributed by atoms with Gasteiger partial charge in [0, 0.05) is 28.4 Å². The van der Waals surface area contributed by atoms with E-state index in [9.17, 15) is 0 Å². The second kappa shape index (κ2) is 6.20. The van der Waals surface area contributed by atoms with Crippen molar-refractivity contribution in [1.82, 2.24) is 0 Å². The minimum Gasteiger partial charge on any atom is -0.399 e. The lowest BCUT2D eigenvalue weighted by atomic mass is 9.98. The highest BCUT2D eigenvalue weighted by Gasteiger charge is 2.21. The van der Waals surface area contributed by atoms with E-state index in [1.807, 2.05) is 43.3 Å². The molecular formula is C21H22N3+. The van der Waals surface area contributed by atoms with Gasteiger partial charge in [-0.15, -0.1) is 0 Å². The zero-order valence-corrected chi connectivity index (χ0v) is 14.1. The van der Waals surface area contributed by atoms with Crippen LogP contribution in [0.25, 0.3) is 27.2 Å². The molecule has 0 aliphatic rings. The molecule has 0 fully saturated rings. The molecule has 0 radical (unpaired) electrons. The van der Waals surface area contributed by atoms with Crippen molar-refractivity contribution in [3.8, 4) is 0 Å². The number of pyridine rings is 1. The standard InChI is InChI=1S/C21H21N3/c1-4-6-14(7-5-2)21-19-12-15(22)8-10-17(19)18-11-9-16(23)13-20(18)24(21)3/h4-13,23H,1,22H2,2-3H3/p+1/b7-5-,14-6+. The Kier molecular flexibility index (Phi) is 4.09. The number of anilines is 2. The zero-order valence-electron chi connectivity index (χ0n) is 14.1.